The number of rotatable bonds is 6. The Bertz CT molecular complexity index is 875. The molecular weight excluding hydrogens is 374 g/mol. The van der Waals surface area contributed by atoms with Crippen molar-refractivity contribution in [3.63, 3.8) is 0 Å². The number of piperidine rings is 1. The molecule has 0 spiro atoms. The van der Waals surface area contributed by atoms with E-state index in [4.69, 9.17) is 0 Å². The summed E-state index contributed by atoms with van der Waals surface area (Å²) in [7, 11) is 0. The highest BCUT2D eigenvalue weighted by molar-refractivity contribution is 6.02. The third-order valence-electron chi connectivity index (χ3n) is 6.42. The number of carbonyl (C=O) groups excluding carboxylic acids is 2. The van der Waals surface area contributed by atoms with Crippen LogP contribution in [0.3, 0.4) is 0 Å². The van der Waals surface area contributed by atoms with Crippen molar-refractivity contribution >= 4 is 17.5 Å². The molecule has 2 aliphatic rings. The maximum Gasteiger partial charge on any atom is 0.243 e. The minimum atomic E-state index is -0.434. The highest BCUT2D eigenvalue weighted by Crippen LogP contribution is 2.32. The number of benzene rings is 2. The number of nitrogens with zero attached hydrogens (tertiary/aromatic N) is 2. The molecule has 4 rings (SSSR count). The molecule has 0 saturated carbocycles. The normalized spacial score (nSPS) is 19.5. The zero-order chi connectivity index (χ0) is 20.9. The van der Waals surface area contributed by atoms with Crippen LogP contribution < -0.4 is 10.2 Å². The zero-order valence-electron chi connectivity index (χ0n) is 17.7. The van der Waals surface area contributed by atoms with E-state index in [9.17, 15) is 9.59 Å². The van der Waals surface area contributed by atoms with Crippen LogP contribution >= 0.6 is 0 Å². The summed E-state index contributed by atoms with van der Waals surface area (Å²) in [6, 6.07) is 18.1. The second-order valence-corrected chi connectivity index (χ2v) is 8.50. The molecule has 2 amide bonds. The zero-order valence-corrected chi connectivity index (χ0v) is 17.7. The molecule has 5 heteroatoms. The number of likely N-dealkylation sites (tertiary alicyclic amines) is 1. The molecule has 0 radical (unpaired) electrons. The fourth-order valence-electron chi connectivity index (χ4n) is 4.80. The Morgan fingerprint density at radius 3 is 2.43 bits per heavy atom. The summed E-state index contributed by atoms with van der Waals surface area (Å²) < 4.78 is 0. The van der Waals surface area contributed by atoms with E-state index in [0.29, 0.717) is 13.0 Å². The largest absolute Gasteiger partial charge is 0.353 e. The molecule has 1 N–H and O–H groups in total. The Balaban J connectivity index is 1.21. The maximum atomic E-state index is 12.8. The van der Waals surface area contributed by atoms with Crippen LogP contribution in [0.1, 0.15) is 30.9 Å². The summed E-state index contributed by atoms with van der Waals surface area (Å²) in [6.07, 6.45) is 4.17. The Kier molecular flexibility index (Phi) is 6.48. The summed E-state index contributed by atoms with van der Waals surface area (Å²) in [5.41, 5.74) is 3.36. The van der Waals surface area contributed by atoms with Gasteiger partial charge in [0.1, 0.15) is 6.04 Å². The molecule has 2 aliphatic heterocycles. The number of hydrogen-bond donors (Lipinski definition) is 1. The molecule has 0 unspecified atom stereocenters. The fraction of sp³-hybridized carbons (Fsp3) is 0.440. The van der Waals surface area contributed by atoms with Crippen LogP contribution in [0.4, 0.5) is 5.69 Å². The van der Waals surface area contributed by atoms with E-state index in [1.807, 2.05) is 24.3 Å². The van der Waals surface area contributed by atoms with Gasteiger partial charge >= 0.3 is 0 Å². The SMILES string of the molecule is CC(=O)N1c2ccccc2C[C@H]1C(=O)NCCN1CCC(Cc2ccccc2)CC1. The quantitative estimate of drug-likeness (QED) is 0.804. The average Bonchev–Trinajstić information content (AvgIpc) is 3.16. The van der Waals surface area contributed by atoms with E-state index < -0.39 is 6.04 Å². The Hall–Kier alpha value is -2.66. The maximum absolute atomic E-state index is 12.8. The van der Waals surface area contributed by atoms with Gasteiger partial charge in [-0.1, -0.05) is 48.5 Å². The highest BCUT2D eigenvalue weighted by atomic mass is 16.2. The van der Waals surface area contributed by atoms with Crippen molar-refractivity contribution in [1.82, 2.24) is 10.2 Å². The van der Waals surface area contributed by atoms with Gasteiger partial charge in [0.2, 0.25) is 11.8 Å². The predicted octanol–water partition coefficient (Wildman–Crippen LogP) is 3.04. The molecule has 2 aromatic carbocycles. The molecule has 1 fully saturated rings. The van der Waals surface area contributed by atoms with Crippen LogP contribution in [0.5, 0.6) is 0 Å². The van der Waals surface area contributed by atoms with Crippen LogP contribution in [-0.2, 0) is 22.4 Å². The number of amides is 2. The first kappa shape index (κ1) is 20.6. The first-order valence-corrected chi connectivity index (χ1v) is 11.0. The van der Waals surface area contributed by atoms with Crippen LogP contribution in [0.25, 0.3) is 0 Å². The van der Waals surface area contributed by atoms with Crippen LogP contribution in [0, 0.1) is 5.92 Å². The Labute approximate surface area is 179 Å². The number of fused-ring (bicyclic) bond motifs is 1. The van der Waals surface area contributed by atoms with Gasteiger partial charge in [0, 0.05) is 32.1 Å². The van der Waals surface area contributed by atoms with Crippen molar-refractivity contribution in [2.24, 2.45) is 5.92 Å². The monoisotopic (exact) mass is 405 g/mol. The molecule has 1 saturated heterocycles. The van der Waals surface area contributed by atoms with Crippen LogP contribution in [-0.4, -0.2) is 48.9 Å². The van der Waals surface area contributed by atoms with Gasteiger partial charge in [-0.15, -0.1) is 0 Å². The van der Waals surface area contributed by atoms with Crippen molar-refractivity contribution < 1.29 is 9.59 Å². The molecule has 30 heavy (non-hydrogen) atoms. The summed E-state index contributed by atoms with van der Waals surface area (Å²) >= 11 is 0. The average molecular weight is 406 g/mol. The molecule has 0 aliphatic carbocycles. The molecule has 0 aromatic heterocycles. The summed E-state index contributed by atoms with van der Waals surface area (Å²) in [6.45, 7) is 5.19. The molecule has 1 atom stereocenters. The standard InChI is InChI=1S/C25H31N3O2/c1-19(29)28-23-10-6-5-9-22(23)18-24(28)25(30)26-13-16-27-14-11-21(12-15-27)17-20-7-3-2-4-8-20/h2-10,21,24H,11-18H2,1H3,(H,26,30)/t24-/m0/s1. The van der Waals surface area contributed by atoms with Gasteiger partial charge in [-0.05, 0) is 55.5 Å². The van der Waals surface area contributed by atoms with Gasteiger partial charge in [0.05, 0.1) is 0 Å². The molecule has 158 valence electrons. The van der Waals surface area contributed by atoms with Gasteiger partial charge in [-0.25, -0.2) is 0 Å². The smallest absolute Gasteiger partial charge is 0.243 e. The molecule has 2 heterocycles. The summed E-state index contributed by atoms with van der Waals surface area (Å²) in [4.78, 5) is 29.0. The molecule has 5 nitrogen and oxygen atoms in total. The lowest BCUT2D eigenvalue weighted by molar-refractivity contribution is -0.125. The number of carbonyl (C=O) groups is 2. The summed E-state index contributed by atoms with van der Waals surface area (Å²) in [5.74, 6) is 0.611. The minimum Gasteiger partial charge on any atom is -0.353 e. The van der Waals surface area contributed by atoms with Crippen molar-refractivity contribution in [3.05, 3.63) is 65.7 Å². The molecule has 2 aromatic rings. The van der Waals surface area contributed by atoms with Crippen molar-refractivity contribution in [2.75, 3.05) is 31.1 Å². The van der Waals surface area contributed by atoms with E-state index in [-0.39, 0.29) is 11.8 Å². The second kappa shape index (κ2) is 9.43. The number of anilines is 1. The Morgan fingerprint density at radius 1 is 1.00 bits per heavy atom. The first-order valence-electron chi connectivity index (χ1n) is 11.0. The lowest BCUT2D eigenvalue weighted by atomic mass is 9.90. The number of para-hydroxylation sites is 1. The van der Waals surface area contributed by atoms with Crippen molar-refractivity contribution in [3.8, 4) is 0 Å². The van der Waals surface area contributed by atoms with E-state index in [1.165, 1.54) is 25.3 Å². The van der Waals surface area contributed by atoms with Crippen LogP contribution in [0.2, 0.25) is 0 Å². The molecular formula is C25H31N3O2. The highest BCUT2D eigenvalue weighted by Gasteiger charge is 2.36. The van der Waals surface area contributed by atoms with E-state index in [1.54, 1.807) is 4.90 Å². The van der Waals surface area contributed by atoms with Crippen LogP contribution in [0.15, 0.2) is 54.6 Å². The van der Waals surface area contributed by atoms with Crippen molar-refractivity contribution in [2.45, 2.75) is 38.6 Å². The van der Waals surface area contributed by atoms with Gasteiger partial charge in [0.15, 0.2) is 0 Å². The van der Waals surface area contributed by atoms with Crippen molar-refractivity contribution in [1.29, 1.82) is 0 Å². The third kappa shape index (κ3) is 4.73. The van der Waals surface area contributed by atoms with Gasteiger partial charge in [0.25, 0.3) is 0 Å². The third-order valence-corrected chi connectivity index (χ3v) is 6.42. The lowest BCUT2D eigenvalue weighted by Gasteiger charge is -2.32. The predicted molar refractivity (Wildman–Crippen MR) is 119 cm³/mol. The van der Waals surface area contributed by atoms with Gasteiger partial charge in [-0.2, -0.15) is 0 Å². The van der Waals surface area contributed by atoms with E-state index in [0.717, 1.165) is 43.2 Å². The number of nitrogens with one attached hydrogen (secondary N) is 1. The topological polar surface area (TPSA) is 52.7 Å². The summed E-state index contributed by atoms with van der Waals surface area (Å²) in [5, 5.41) is 3.07. The van der Waals surface area contributed by atoms with E-state index in [2.05, 4.69) is 40.5 Å². The number of hydrogen-bond acceptors (Lipinski definition) is 3. The Morgan fingerprint density at radius 2 is 1.70 bits per heavy atom. The van der Waals surface area contributed by atoms with Gasteiger partial charge < -0.3 is 10.2 Å². The second-order valence-electron chi connectivity index (χ2n) is 8.50. The molecule has 0 bridgehead atoms. The lowest BCUT2D eigenvalue weighted by Crippen LogP contribution is -2.49. The minimum absolute atomic E-state index is 0.0552. The first-order chi connectivity index (χ1) is 14.6. The fourth-order valence-corrected chi connectivity index (χ4v) is 4.80. The van der Waals surface area contributed by atoms with E-state index >= 15 is 0 Å². The van der Waals surface area contributed by atoms with Gasteiger partial charge in [-0.3, -0.25) is 14.5 Å².